The Morgan fingerprint density at radius 1 is 1.15 bits per heavy atom. The number of halogens is 2. The van der Waals surface area contributed by atoms with Gasteiger partial charge in [0.15, 0.2) is 0 Å². The summed E-state index contributed by atoms with van der Waals surface area (Å²) in [7, 11) is 0. The third-order valence-corrected chi connectivity index (χ3v) is 4.31. The monoisotopic (exact) mass is 351 g/mol. The van der Waals surface area contributed by atoms with Crippen LogP contribution >= 0.6 is 27.5 Å². The summed E-state index contributed by atoms with van der Waals surface area (Å²) >= 11 is 9.18. The average Bonchev–Trinajstić information content (AvgIpc) is 2.48. The molecule has 0 aliphatic heterocycles. The van der Waals surface area contributed by atoms with Crippen molar-refractivity contribution in [3.05, 3.63) is 69.2 Å². The SMILES string of the molecule is Cc1c(Br)cccc1C(=O)NCc1ccc(CCl)cc1. The zero-order valence-electron chi connectivity index (χ0n) is 11.1. The summed E-state index contributed by atoms with van der Waals surface area (Å²) in [4.78, 5) is 12.2. The highest BCUT2D eigenvalue weighted by Crippen LogP contribution is 2.19. The molecule has 104 valence electrons. The molecule has 0 aromatic heterocycles. The summed E-state index contributed by atoms with van der Waals surface area (Å²) in [6, 6.07) is 13.5. The molecular weight excluding hydrogens is 338 g/mol. The van der Waals surface area contributed by atoms with Gasteiger partial charge in [0, 0.05) is 22.5 Å². The van der Waals surface area contributed by atoms with Gasteiger partial charge in [0.25, 0.3) is 5.91 Å². The van der Waals surface area contributed by atoms with Crippen LogP contribution in [0.15, 0.2) is 46.9 Å². The molecule has 0 radical (unpaired) electrons. The Bertz CT molecular complexity index is 610. The molecule has 20 heavy (non-hydrogen) atoms. The number of carbonyl (C=O) groups is 1. The van der Waals surface area contributed by atoms with Gasteiger partial charge in [0.1, 0.15) is 0 Å². The van der Waals surface area contributed by atoms with Crippen molar-refractivity contribution in [1.29, 1.82) is 0 Å². The lowest BCUT2D eigenvalue weighted by molar-refractivity contribution is 0.0950. The topological polar surface area (TPSA) is 29.1 Å². The summed E-state index contributed by atoms with van der Waals surface area (Å²) in [5.41, 5.74) is 3.77. The van der Waals surface area contributed by atoms with E-state index < -0.39 is 0 Å². The first-order valence-electron chi connectivity index (χ1n) is 6.29. The molecule has 4 heteroatoms. The van der Waals surface area contributed by atoms with Gasteiger partial charge in [-0.25, -0.2) is 0 Å². The minimum atomic E-state index is -0.0646. The molecule has 0 bridgehead atoms. The molecule has 1 amide bonds. The van der Waals surface area contributed by atoms with E-state index in [1.54, 1.807) is 0 Å². The van der Waals surface area contributed by atoms with Crippen molar-refractivity contribution >= 4 is 33.4 Å². The number of hydrogen-bond acceptors (Lipinski definition) is 1. The Labute approximate surface area is 132 Å². The van der Waals surface area contributed by atoms with Crippen molar-refractivity contribution in [3.63, 3.8) is 0 Å². The first kappa shape index (κ1) is 15.1. The molecule has 0 fully saturated rings. The Morgan fingerprint density at radius 2 is 1.80 bits per heavy atom. The van der Waals surface area contributed by atoms with E-state index in [-0.39, 0.29) is 5.91 Å². The van der Waals surface area contributed by atoms with E-state index in [4.69, 9.17) is 11.6 Å². The molecule has 0 aliphatic rings. The van der Waals surface area contributed by atoms with Crippen molar-refractivity contribution in [1.82, 2.24) is 5.32 Å². The van der Waals surface area contributed by atoms with Gasteiger partial charge in [-0.05, 0) is 35.7 Å². The van der Waals surface area contributed by atoms with Crippen LogP contribution in [-0.4, -0.2) is 5.91 Å². The predicted octanol–water partition coefficient (Wildman–Crippen LogP) is 4.43. The van der Waals surface area contributed by atoms with Crippen LogP contribution in [0.3, 0.4) is 0 Å². The van der Waals surface area contributed by atoms with E-state index in [1.807, 2.05) is 49.4 Å². The summed E-state index contributed by atoms with van der Waals surface area (Å²) in [5, 5.41) is 2.93. The van der Waals surface area contributed by atoms with Gasteiger partial charge in [-0.1, -0.05) is 46.3 Å². The molecule has 0 spiro atoms. The smallest absolute Gasteiger partial charge is 0.251 e. The fourth-order valence-corrected chi connectivity index (χ4v) is 2.42. The van der Waals surface area contributed by atoms with Crippen molar-refractivity contribution in [2.75, 3.05) is 0 Å². The fraction of sp³-hybridized carbons (Fsp3) is 0.188. The van der Waals surface area contributed by atoms with Crippen molar-refractivity contribution in [2.45, 2.75) is 19.3 Å². The summed E-state index contributed by atoms with van der Waals surface area (Å²) in [5.74, 6) is 0.439. The molecule has 1 N–H and O–H groups in total. The Hall–Kier alpha value is -1.32. The van der Waals surface area contributed by atoms with E-state index in [0.29, 0.717) is 18.0 Å². The number of carbonyl (C=O) groups excluding carboxylic acids is 1. The number of amides is 1. The van der Waals surface area contributed by atoms with Crippen LogP contribution in [-0.2, 0) is 12.4 Å². The minimum absolute atomic E-state index is 0.0646. The van der Waals surface area contributed by atoms with Crippen molar-refractivity contribution in [3.8, 4) is 0 Å². The van der Waals surface area contributed by atoms with Gasteiger partial charge in [0.05, 0.1) is 0 Å². The molecule has 0 heterocycles. The van der Waals surface area contributed by atoms with Gasteiger partial charge in [-0.15, -0.1) is 11.6 Å². The first-order chi connectivity index (χ1) is 9.61. The van der Waals surface area contributed by atoms with Crippen LogP contribution in [0, 0.1) is 6.92 Å². The Morgan fingerprint density at radius 3 is 2.45 bits per heavy atom. The zero-order valence-corrected chi connectivity index (χ0v) is 13.5. The number of alkyl halides is 1. The van der Waals surface area contributed by atoms with Gasteiger partial charge >= 0.3 is 0 Å². The normalized spacial score (nSPS) is 10.3. The Kier molecular flexibility index (Phi) is 5.21. The molecule has 0 unspecified atom stereocenters. The van der Waals surface area contributed by atoms with Crippen LogP contribution < -0.4 is 5.32 Å². The third-order valence-electron chi connectivity index (χ3n) is 3.14. The molecular formula is C16H15BrClNO. The van der Waals surface area contributed by atoms with E-state index in [1.165, 1.54) is 0 Å². The predicted molar refractivity (Wildman–Crippen MR) is 86.0 cm³/mol. The summed E-state index contributed by atoms with van der Waals surface area (Å²) < 4.78 is 0.941. The number of benzene rings is 2. The summed E-state index contributed by atoms with van der Waals surface area (Å²) in [6.07, 6.45) is 0. The van der Waals surface area contributed by atoms with E-state index in [0.717, 1.165) is 21.2 Å². The molecule has 0 atom stereocenters. The molecule has 2 nitrogen and oxygen atoms in total. The second-order valence-corrected chi connectivity index (χ2v) is 5.67. The minimum Gasteiger partial charge on any atom is -0.348 e. The van der Waals surface area contributed by atoms with E-state index in [2.05, 4.69) is 21.2 Å². The molecule has 2 aromatic carbocycles. The Balaban J connectivity index is 2.02. The summed E-state index contributed by atoms with van der Waals surface area (Å²) in [6.45, 7) is 2.43. The molecule has 0 saturated heterocycles. The van der Waals surface area contributed by atoms with Crippen LogP contribution in [0.2, 0.25) is 0 Å². The van der Waals surface area contributed by atoms with Gasteiger partial charge < -0.3 is 5.32 Å². The maximum absolute atomic E-state index is 12.2. The molecule has 2 rings (SSSR count). The second-order valence-electron chi connectivity index (χ2n) is 4.55. The lowest BCUT2D eigenvalue weighted by Gasteiger charge is -2.09. The highest BCUT2D eigenvalue weighted by atomic mass is 79.9. The van der Waals surface area contributed by atoms with E-state index in [9.17, 15) is 4.79 Å². The standard InChI is InChI=1S/C16H15BrClNO/c1-11-14(3-2-4-15(11)17)16(20)19-10-13-7-5-12(9-18)6-8-13/h2-8H,9-10H2,1H3,(H,19,20). The maximum Gasteiger partial charge on any atom is 0.251 e. The first-order valence-corrected chi connectivity index (χ1v) is 7.61. The van der Waals surface area contributed by atoms with Gasteiger partial charge in [0.2, 0.25) is 0 Å². The molecule has 0 aliphatic carbocycles. The maximum atomic E-state index is 12.2. The zero-order chi connectivity index (χ0) is 14.5. The average molecular weight is 353 g/mol. The van der Waals surface area contributed by atoms with Gasteiger partial charge in [-0.3, -0.25) is 4.79 Å². The third kappa shape index (κ3) is 3.62. The fourth-order valence-electron chi connectivity index (χ4n) is 1.88. The van der Waals surface area contributed by atoms with Crippen LogP contribution in [0.1, 0.15) is 27.0 Å². The van der Waals surface area contributed by atoms with E-state index >= 15 is 0 Å². The lowest BCUT2D eigenvalue weighted by Crippen LogP contribution is -2.23. The number of rotatable bonds is 4. The quantitative estimate of drug-likeness (QED) is 0.811. The molecule has 0 saturated carbocycles. The van der Waals surface area contributed by atoms with Crippen LogP contribution in [0.5, 0.6) is 0 Å². The highest BCUT2D eigenvalue weighted by molar-refractivity contribution is 9.10. The second kappa shape index (κ2) is 6.91. The largest absolute Gasteiger partial charge is 0.348 e. The van der Waals surface area contributed by atoms with Crippen LogP contribution in [0.25, 0.3) is 0 Å². The lowest BCUT2D eigenvalue weighted by atomic mass is 10.1. The van der Waals surface area contributed by atoms with Crippen molar-refractivity contribution < 1.29 is 4.79 Å². The number of hydrogen-bond donors (Lipinski definition) is 1. The van der Waals surface area contributed by atoms with Crippen molar-refractivity contribution in [2.24, 2.45) is 0 Å². The van der Waals surface area contributed by atoms with Crippen LogP contribution in [0.4, 0.5) is 0 Å². The van der Waals surface area contributed by atoms with Gasteiger partial charge in [-0.2, -0.15) is 0 Å². The number of nitrogens with one attached hydrogen (secondary N) is 1. The molecule has 2 aromatic rings. The highest BCUT2D eigenvalue weighted by Gasteiger charge is 2.10.